The third-order valence-corrected chi connectivity index (χ3v) is 8.58. The number of fused-ring (bicyclic) bond motifs is 1. The summed E-state index contributed by atoms with van der Waals surface area (Å²) >= 11 is 0. The van der Waals surface area contributed by atoms with Crippen LogP contribution < -0.4 is 10.2 Å². The number of amides is 2. The number of hydrogen-bond acceptors (Lipinski definition) is 5. The number of aromatic nitrogens is 1. The molecule has 0 aliphatic carbocycles. The molecule has 3 aliphatic heterocycles. The van der Waals surface area contributed by atoms with Gasteiger partial charge in [-0.3, -0.25) is 19.5 Å². The smallest absolute Gasteiger partial charge is 0.249 e. The Morgan fingerprint density at radius 3 is 2.67 bits per heavy atom. The first-order valence-electron chi connectivity index (χ1n) is 13.9. The van der Waals surface area contributed by atoms with E-state index >= 15 is 0 Å². The summed E-state index contributed by atoms with van der Waals surface area (Å²) in [6, 6.07) is 7.26. The summed E-state index contributed by atoms with van der Waals surface area (Å²) in [7, 11) is 0. The van der Waals surface area contributed by atoms with E-state index in [4.69, 9.17) is 4.98 Å². The van der Waals surface area contributed by atoms with Crippen LogP contribution in [0.1, 0.15) is 57.0 Å². The summed E-state index contributed by atoms with van der Waals surface area (Å²) < 4.78 is 13.6. The minimum Gasteiger partial charge on any atom is -0.333 e. The molecule has 5 rings (SSSR count). The minimum atomic E-state index is -0.256. The highest BCUT2D eigenvalue weighted by Crippen LogP contribution is 2.40. The molecule has 208 valence electrons. The van der Waals surface area contributed by atoms with Gasteiger partial charge >= 0.3 is 0 Å². The molecule has 2 atom stereocenters. The average molecular weight is 534 g/mol. The molecule has 3 aliphatic rings. The van der Waals surface area contributed by atoms with Crippen LogP contribution in [0.5, 0.6) is 0 Å². The van der Waals surface area contributed by atoms with Crippen molar-refractivity contribution < 1.29 is 14.0 Å². The van der Waals surface area contributed by atoms with Crippen LogP contribution in [0.4, 0.5) is 10.1 Å². The van der Waals surface area contributed by atoms with Crippen LogP contribution in [0.2, 0.25) is 0 Å². The Balaban J connectivity index is 1.34. The Labute approximate surface area is 231 Å². The van der Waals surface area contributed by atoms with Gasteiger partial charge in [-0.25, -0.2) is 4.39 Å². The van der Waals surface area contributed by atoms with E-state index in [0.717, 1.165) is 52.3 Å². The van der Waals surface area contributed by atoms with E-state index in [2.05, 4.69) is 37.1 Å². The number of nitrogens with one attached hydrogen (secondary N) is 1. The van der Waals surface area contributed by atoms with Crippen LogP contribution in [0.3, 0.4) is 0 Å². The van der Waals surface area contributed by atoms with Crippen LogP contribution in [-0.2, 0) is 21.4 Å². The van der Waals surface area contributed by atoms with E-state index in [-0.39, 0.29) is 35.1 Å². The van der Waals surface area contributed by atoms with Gasteiger partial charge in [0.2, 0.25) is 11.8 Å². The summed E-state index contributed by atoms with van der Waals surface area (Å²) in [5.74, 6) is -0.0864. The van der Waals surface area contributed by atoms with Gasteiger partial charge in [0.15, 0.2) is 0 Å². The number of aryl methyl sites for hydroxylation is 1. The molecule has 1 saturated heterocycles. The lowest BCUT2D eigenvalue weighted by Crippen LogP contribution is -2.61. The molecule has 0 spiro atoms. The number of benzene rings is 1. The molecule has 39 heavy (non-hydrogen) atoms. The molecule has 0 bridgehead atoms. The molecule has 1 N–H and O–H groups in total. The van der Waals surface area contributed by atoms with Crippen molar-refractivity contribution in [2.75, 3.05) is 44.2 Å². The number of anilines is 1. The third kappa shape index (κ3) is 5.50. The van der Waals surface area contributed by atoms with Crippen LogP contribution >= 0.6 is 0 Å². The van der Waals surface area contributed by atoms with Crippen LogP contribution in [0.15, 0.2) is 41.6 Å². The van der Waals surface area contributed by atoms with Gasteiger partial charge in [-0.1, -0.05) is 19.9 Å². The van der Waals surface area contributed by atoms with Crippen molar-refractivity contribution in [3.63, 3.8) is 0 Å². The molecule has 0 saturated carbocycles. The fourth-order valence-electron chi connectivity index (χ4n) is 6.14. The van der Waals surface area contributed by atoms with Crippen molar-refractivity contribution in [3.8, 4) is 0 Å². The third-order valence-electron chi connectivity index (χ3n) is 8.58. The summed E-state index contributed by atoms with van der Waals surface area (Å²) in [6.45, 7) is 15.8. The zero-order chi connectivity index (χ0) is 28.1. The van der Waals surface area contributed by atoms with Gasteiger partial charge in [0.1, 0.15) is 5.82 Å². The Morgan fingerprint density at radius 1 is 1.21 bits per heavy atom. The normalized spacial score (nSPS) is 23.1. The molecule has 0 unspecified atom stereocenters. The molecule has 1 aromatic heterocycles. The van der Waals surface area contributed by atoms with E-state index in [1.54, 1.807) is 6.07 Å². The largest absolute Gasteiger partial charge is 0.333 e. The summed E-state index contributed by atoms with van der Waals surface area (Å²) in [4.78, 5) is 37.5. The highest BCUT2D eigenvalue weighted by Gasteiger charge is 2.41. The predicted molar refractivity (Wildman–Crippen MR) is 151 cm³/mol. The Kier molecular flexibility index (Phi) is 7.37. The molecule has 2 amide bonds. The first-order valence-corrected chi connectivity index (χ1v) is 13.9. The maximum absolute atomic E-state index is 13.9. The van der Waals surface area contributed by atoms with E-state index in [1.165, 1.54) is 6.07 Å². The second kappa shape index (κ2) is 10.5. The Bertz CT molecular complexity index is 1340. The first kappa shape index (κ1) is 27.5. The lowest BCUT2D eigenvalue weighted by molar-refractivity contribution is -0.126. The summed E-state index contributed by atoms with van der Waals surface area (Å²) in [5, 5.41) is 3.53. The molecule has 7 nitrogen and oxygen atoms in total. The van der Waals surface area contributed by atoms with E-state index < -0.39 is 0 Å². The topological polar surface area (TPSA) is 68.8 Å². The number of halogens is 1. The molecule has 1 fully saturated rings. The lowest BCUT2D eigenvalue weighted by Gasteiger charge is -2.41. The van der Waals surface area contributed by atoms with Gasteiger partial charge in [-0.15, -0.1) is 0 Å². The summed E-state index contributed by atoms with van der Waals surface area (Å²) in [5.41, 5.74) is 6.45. The van der Waals surface area contributed by atoms with Gasteiger partial charge in [0.05, 0.1) is 17.9 Å². The minimum absolute atomic E-state index is 0.0519. The monoisotopic (exact) mass is 533 g/mol. The van der Waals surface area contributed by atoms with Crippen LogP contribution in [0.25, 0.3) is 0 Å². The van der Waals surface area contributed by atoms with Gasteiger partial charge in [-0.05, 0) is 74.6 Å². The maximum atomic E-state index is 13.9. The lowest BCUT2D eigenvalue weighted by atomic mass is 9.91. The first-order chi connectivity index (χ1) is 18.4. The fourth-order valence-corrected chi connectivity index (χ4v) is 6.14. The highest BCUT2D eigenvalue weighted by atomic mass is 19.1. The predicted octanol–water partition coefficient (Wildman–Crippen LogP) is 3.59. The molecule has 0 radical (unpaired) electrons. The van der Waals surface area contributed by atoms with Crippen molar-refractivity contribution in [1.82, 2.24) is 20.1 Å². The van der Waals surface area contributed by atoms with E-state index in [0.29, 0.717) is 32.6 Å². The number of piperazine rings is 1. The van der Waals surface area contributed by atoms with Crippen LogP contribution in [0, 0.1) is 12.7 Å². The fraction of sp³-hybridized carbons (Fsp3) is 0.516. The van der Waals surface area contributed by atoms with Crippen molar-refractivity contribution in [3.05, 3.63) is 69.8 Å². The zero-order valence-corrected chi connectivity index (χ0v) is 24.0. The van der Waals surface area contributed by atoms with E-state index in [9.17, 15) is 14.0 Å². The quantitative estimate of drug-likeness (QED) is 0.615. The van der Waals surface area contributed by atoms with Crippen molar-refractivity contribution in [2.45, 2.75) is 65.5 Å². The van der Waals surface area contributed by atoms with Crippen molar-refractivity contribution in [2.24, 2.45) is 0 Å². The number of pyridine rings is 1. The van der Waals surface area contributed by atoms with Crippen LogP contribution in [-0.4, -0.2) is 78.0 Å². The van der Waals surface area contributed by atoms with Gasteiger partial charge in [0.25, 0.3) is 0 Å². The SMILES string of the molecule is CC1=C(C)C(=O)N(C[C@H]2CN[C@H](C)CN2CC(=O)N2CC(C)(C)c3ncc(Cc4ccc(F)cc4C)cc32)C1. The number of carbonyl (C=O) groups excluding carboxylic acids is 2. The van der Waals surface area contributed by atoms with Gasteiger partial charge < -0.3 is 15.1 Å². The second-order valence-electron chi connectivity index (χ2n) is 12.3. The maximum Gasteiger partial charge on any atom is 0.249 e. The molecular weight excluding hydrogens is 493 g/mol. The molecular formula is C31H40FN5O2. The van der Waals surface area contributed by atoms with E-state index in [1.807, 2.05) is 42.8 Å². The number of nitrogens with zero attached hydrogens (tertiary/aromatic N) is 4. The van der Waals surface area contributed by atoms with Gasteiger partial charge in [-0.2, -0.15) is 0 Å². The zero-order valence-electron chi connectivity index (χ0n) is 24.0. The molecule has 4 heterocycles. The highest BCUT2D eigenvalue weighted by molar-refractivity contribution is 5.97. The summed E-state index contributed by atoms with van der Waals surface area (Å²) in [6.07, 6.45) is 2.51. The molecule has 2 aromatic rings. The average Bonchev–Trinajstić information content (AvgIpc) is 3.28. The number of rotatable bonds is 6. The molecule has 8 heteroatoms. The second-order valence-corrected chi connectivity index (χ2v) is 12.3. The van der Waals surface area contributed by atoms with Crippen molar-refractivity contribution >= 4 is 17.5 Å². The number of carbonyl (C=O) groups is 2. The number of hydrogen-bond donors (Lipinski definition) is 1. The molecule has 1 aromatic carbocycles. The Hall–Kier alpha value is -3.10. The standard InChI is InChI=1S/C31H40FN5O2/c1-19-9-25(32)8-7-24(19)10-23-11-27-29(34-12-23)31(5,6)18-37(27)28(38)17-35-15-21(3)33-13-26(35)16-36-14-20(2)22(4)30(36)39/h7-9,11-12,21,26,33H,10,13-18H2,1-6H3/t21-,26-/m1/s1. The van der Waals surface area contributed by atoms with Gasteiger partial charge in [0, 0.05) is 62.0 Å². The Morgan fingerprint density at radius 2 is 1.97 bits per heavy atom. The van der Waals surface area contributed by atoms with Crippen molar-refractivity contribution in [1.29, 1.82) is 0 Å².